The number of carboxylic acids is 1. The Kier molecular flexibility index (Phi) is 3.78. The molecule has 2 heterocycles. The first-order chi connectivity index (χ1) is 9.19. The average molecular weight is 255 g/mol. The van der Waals surface area contributed by atoms with Crippen molar-refractivity contribution in [2.45, 2.75) is 13.0 Å². The minimum absolute atomic E-state index is 0.0840. The molecule has 0 saturated heterocycles. The fraction of sp³-hybridized carbons (Fsp3) is 0.154. The number of pyridine rings is 1. The lowest BCUT2D eigenvalue weighted by atomic mass is 10.2. The number of carboxylic acid groups (broad SMARTS) is 1. The molecule has 0 saturated carbocycles. The van der Waals surface area contributed by atoms with E-state index in [1.807, 2.05) is 18.2 Å². The van der Waals surface area contributed by atoms with Gasteiger partial charge < -0.3 is 5.11 Å². The summed E-state index contributed by atoms with van der Waals surface area (Å²) < 4.78 is 1.79. The Bertz CT molecular complexity index is 615. The van der Waals surface area contributed by atoms with Gasteiger partial charge >= 0.3 is 5.97 Å². The molecule has 2 aromatic heterocycles. The van der Waals surface area contributed by atoms with Crippen LogP contribution in [0.3, 0.4) is 0 Å². The summed E-state index contributed by atoms with van der Waals surface area (Å²) in [5.41, 5.74) is 1.81. The second-order valence-electron chi connectivity index (χ2n) is 3.87. The van der Waals surface area contributed by atoms with Crippen LogP contribution >= 0.6 is 0 Å². The highest BCUT2D eigenvalue weighted by Crippen LogP contribution is 2.13. The zero-order chi connectivity index (χ0) is 13.7. The SMILES string of the molecule is N#Cc1cnc(-c2cc[n+](CCC(=O)O)cc2)cn1. The first-order valence-corrected chi connectivity index (χ1v) is 5.62. The molecule has 0 aliphatic carbocycles. The smallest absolute Gasteiger partial charge is 0.309 e. The molecule has 19 heavy (non-hydrogen) atoms. The second kappa shape index (κ2) is 5.69. The van der Waals surface area contributed by atoms with Crippen molar-refractivity contribution in [2.75, 3.05) is 0 Å². The Morgan fingerprint density at radius 1 is 1.32 bits per heavy atom. The number of hydrogen-bond donors (Lipinski definition) is 1. The number of aliphatic carboxylic acids is 1. The van der Waals surface area contributed by atoms with Gasteiger partial charge in [0.1, 0.15) is 12.5 Å². The van der Waals surface area contributed by atoms with Gasteiger partial charge in [0.2, 0.25) is 0 Å². The number of aryl methyl sites for hydroxylation is 1. The van der Waals surface area contributed by atoms with Crippen molar-refractivity contribution in [1.82, 2.24) is 9.97 Å². The number of rotatable bonds is 4. The summed E-state index contributed by atoms with van der Waals surface area (Å²) in [5.74, 6) is -0.825. The molecule has 2 rings (SSSR count). The van der Waals surface area contributed by atoms with E-state index in [-0.39, 0.29) is 12.1 Å². The maximum Gasteiger partial charge on any atom is 0.309 e. The molecule has 0 aromatic carbocycles. The van der Waals surface area contributed by atoms with Crippen molar-refractivity contribution >= 4 is 5.97 Å². The van der Waals surface area contributed by atoms with E-state index in [4.69, 9.17) is 10.4 Å². The lowest BCUT2D eigenvalue weighted by molar-refractivity contribution is -0.695. The minimum atomic E-state index is -0.825. The number of carbonyl (C=O) groups is 1. The first kappa shape index (κ1) is 12.6. The van der Waals surface area contributed by atoms with E-state index < -0.39 is 5.97 Å². The summed E-state index contributed by atoms with van der Waals surface area (Å²) in [6.45, 7) is 0.425. The minimum Gasteiger partial charge on any atom is -0.481 e. The molecule has 0 unspecified atom stereocenters. The molecule has 0 fully saturated rings. The van der Waals surface area contributed by atoms with Crippen LogP contribution in [0.25, 0.3) is 11.3 Å². The molecular formula is C13H11N4O2+. The van der Waals surface area contributed by atoms with Gasteiger partial charge in [-0.15, -0.1) is 0 Å². The van der Waals surface area contributed by atoms with Crippen LogP contribution in [0.5, 0.6) is 0 Å². The normalized spacial score (nSPS) is 9.84. The third kappa shape index (κ3) is 3.33. The molecule has 2 aromatic rings. The maximum absolute atomic E-state index is 10.5. The summed E-state index contributed by atoms with van der Waals surface area (Å²) in [6.07, 6.45) is 6.62. The molecule has 0 aliphatic heterocycles. The van der Waals surface area contributed by atoms with E-state index in [9.17, 15) is 4.79 Å². The van der Waals surface area contributed by atoms with Crippen LogP contribution in [0.4, 0.5) is 0 Å². The molecule has 0 radical (unpaired) electrons. The average Bonchev–Trinajstić information content (AvgIpc) is 2.46. The van der Waals surface area contributed by atoms with Gasteiger partial charge in [-0.1, -0.05) is 0 Å². The van der Waals surface area contributed by atoms with Crippen molar-refractivity contribution in [3.8, 4) is 17.3 Å². The van der Waals surface area contributed by atoms with E-state index in [1.165, 1.54) is 12.4 Å². The maximum atomic E-state index is 10.5. The zero-order valence-electron chi connectivity index (χ0n) is 10.0. The molecule has 6 heteroatoms. The highest BCUT2D eigenvalue weighted by Gasteiger charge is 2.06. The van der Waals surface area contributed by atoms with E-state index in [0.29, 0.717) is 12.2 Å². The van der Waals surface area contributed by atoms with Crippen molar-refractivity contribution in [2.24, 2.45) is 0 Å². The van der Waals surface area contributed by atoms with Crippen LogP contribution in [0, 0.1) is 11.3 Å². The van der Waals surface area contributed by atoms with E-state index in [1.54, 1.807) is 17.0 Å². The Balaban J connectivity index is 2.13. The summed E-state index contributed by atoms with van der Waals surface area (Å²) in [6, 6.07) is 5.57. The van der Waals surface area contributed by atoms with Crippen molar-refractivity contribution in [1.29, 1.82) is 5.26 Å². The van der Waals surface area contributed by atoms with Gasteiger partial charge in [0, 0.05) is 17.7 Å². The molecule has 0 amide bonds. The summed E-state index contributed by atoms with van der Waals surface area (Å²) in [4.78, 5) is 18.5. The fourth-order valence-corrected chi connectivity index (χ4v) is 1.54. The predicted molar refractivity (Wildman–Crippen MR) is 64.6 cm³/mol. The predicted octanol–water partition coefficient (Wildman–Crippen LogP) is 0.777. The van der Waals surface area contributed by atoms with Crippen LogP contribution < -0.4 is 4.57 Å². The van der Waals surface area contributed by atoms with Gasteiger partial charge in [0.25, 0.3) is 0 Å². The summed E-state index contributed by atoms with van der Waals surface area (Å²) in [5, 5.41) is 17.2. The number of aromatic nitrogens is 3. The third-order valence-electron chi connectivity index (χ3n) is 2.54. The molecule has 0 aliphatic rings. The Morgan fingerprint density at radius 3 is 2.58 bits per heavy atom. The summed E-state index contributed by atoms with van der Waals surface area (Å²) >= 11 is 0. The first-order valence-electron chi connectivity index (χ1n) is 5.62. The Morgan fingerprint density at radius 2 is 2.05 bits per heavy atom. The number of nitriles is 1. The van der Waals surface area contributed by atoms with Crippen LogP contribution in [-0.2, 0) is 11.3 Å². The second-order valence-corrected chi connectivity index (χ2v) is 3.87. The molecule has 1 N–H and O–H groups in total. The number of hydrogen-bond acceptors (Lipinski definition) is 4. The topological polar surface area (TPSA) is 90.8 Å². The van der Waals surface area contributed by atoms with Gasteiger partial charge in [-0.3, -0.25) is 9.78 Å². The third-order valence-corrected chi connectivity index (χ3v) is 2.54. The molecule has 0 spiro atoms. The van der Waals surface area contributed by atoms with E-state index >= 15 is 0 Å². The Hall–Kier alpha value is -2.81. The van der Waals surface area contributed by atoms with Crippen molar-refractivity contribution in [3.63, 3.8) is 0 Å². The van der Waals surface area contributed by atoms with Crippen LogP contribution in [-0.4, -0.2) is 21.0 Å². The van der Waals surface area contributed by atoms with Gasteiger partial charge in [0.05, 0.1) is 18.1 Å². The molecular weight excluding hydrogens is 244 g/mol. The molecule has 94 valence electrons. The van der Waals surface area contributed by atoms with Crippen LogP contribution in [0.2, 0.25) is 0 Å². The zero-order valence-corrected chi connectivity index (χ0v) is 10.0. The van der Waals surface area contributed by atoms with E-state index in [0.717, 1.165) is 5.56 Å². The largest absolute Gasteiger partial charge is 0.481 e. The van der Waals surface area contributed by atoms with Gasteiger partial charge in [-0.05, 0) is 0 Å². The van der Waals surface area contributed by atoms with Gasteiger partial charge in [-0.2, -0.15) is 5.26 Å². The monoisotopic (exact) mass is 255 g/mol. The quantitative estimate of drug-likeness (QED) is 0.815. The van der Waals surface area contributed by atoms with Gasteiger partial charge in [0.15, 0.2) is 24.6 Å². The summed E-state index contributed by atoms with van der Waals surface area (Å²) in [7, 11) is 0. The van der Waals surface area contributed by atoms with Crippen molar-refractivity contribution in [3.05, 3.63) is 42.6 Å². The lowest BCUT2D eigenvalue weighted by Crippen LogP contribution is -2.33. The number of nitrogens with zero attached hydrogens (tertiary/aromatic N) is 4. The fourth-order valence-electron chi connectivity index (χ4n) is 1.54. The standard InChI is InChI=1S/C13H10N4O2/c14-7-11-8-16-12(9-15-11)10-1-4-17(5-2-10)6-3-13(18)19/h1-2,4-5,8-9H,3,6H2/p+1. The van der Waals surface area contributed by atoms with Crippen molar-refractivity contribution < 1.29 is 14.5 Å². The highest BCUT2D eigenvalue weighted by atomic mass is 16.4. The van der Waals surface area contributed by atoms with Crippen LogP contribution in [0.15, 0.2) is 36.9 Å². The van der Waals surface area contributed by atoms with Crippen LogP contribution in [0.1, 0.15) is 12.1 Å². The van der Waals surface area contributed by atoms with Gasteiger partial charge in [-0.25, -0.2) is 9.55 Å². The molecule has 0 atom stereocenters. The molecule has 6 nitrogen and oxygen atoms in total. The Labute approximate surface area is 109 Å². The highest BCUT2D eigenvalue weighted by molar-refractivity contribution is 5.66. The molecule has 0 bridgehead atoms. The lowest BCUT2D eigenvalue weighted by Gasteiger charge is -1.99. The van der Waals surface area contributed by atoms with E-state index in [2.05, 4.69) is 9.97 Å².